The van der Waals surface area contributed by atoms with Crippen molar-refractivity contribution in [2.45, 2.75) is 0 Å². The van der Waals surface area contributed by atoms with Crippen molar-refractivity contribution in [1.29, 1.82) is 0 Å². The Bertz CT molecular complexity index is 1080. The topological polar surface area (TPSA) is 113 Å². The first-order valence-electron chi connectivity index (χ1n) is 9.31. The van der Waals surface area contributed by atoms with Crippen LogP contribution in [0, 0.1) is 11.6 Å². The fourth-order valence-corrected chi connectivity index (χ4v) is 2.71. The number of carbonyl (C=O) groups is 2. The van der Waals surface area contributed by atoms with Gasteiger partial charge in [0, 0.05) is 24.3 Å². The second kappa shape index (κ2) is 9.35. The first-order valence-corrected chi connectivity index (χ1v) is 9.31. The summed E-state index contributed by atoms with van der Waals surface area (Å²) >= 11 is 0. The molecule has 10 heteroatoms. The van der Waals surface area contributed by atoms with Crippen molar-refractivity contribution in [2.75, 3.05) is 32.5 Å². The third-order valence-electron chi connectivity index (χ3n) is 4.29. The molecule has 8 nitrogen and oxygen atoms in total. The number of anilines is 2. The summed E-state index contributed by atoms with van der Waals surface area (Å²) in [6, 6.07) is 9.60. The molecule has 0 aliphatic heterocycles. The van der Waals surface area contributed by atoms with Crippen LogP contribution in [0.25, 0.3) is 11.5 Å². The lowest BCUT2D eigenvalue weighted by molar-refractivity contribution is 0.0949. The number of amides is 2. The third kappa shape index (κ3) is 5.23. The van der Waals surface area contributed by atoms with Crippen LogP contribution in [0.1, 0.15) is 20.8 Å². The van der Waals surface area contributed by atoms with Crippen LogP contribution in [-0.4, -0.2) is 48.9 Å². The number of aromatic nitrogens is 1. The molecule has 3 aromatic rings. The summed E-state index contributed by atoms with van der Waals surface area (Å²) in [6.07, 6.45) is 0. The molecule has 4 N–H and O–H groups in total. The molecule has 0 fully saturated rings. The van der Waals surface area contributed by atoms with E-state index in [0.29, 0.717) is 24.3 Å². The van der Waals surface area contributed by atoms with E-state index in [2.05, 4.69) is 15.6 Å². The summed E-state index contributed by atoms with van der Waals surface area (Å²) in [4.78, 5) is 29.7. The highest BCUT2D eigenvalue weighted by atomic mass is 19.1. The summed E-state index contributed by atoms with van der Waals surface area (Å²) in [6.45, 7) is 1.21. The van der Waals surface area contributed by atoms with Gasteiger partial charge in [0.1, 0.15) is 17.2 Å². The number of benzene rings is 2. The van der Waals surface area contributed by atoms with E-state index >= 15 is 0 Å². The lowest BCUT2D eigenvalue weighted by Gasteiger charge is -2.10. The molecular formula is C21H21F2N5O3. The molecule has 0 aliphatic carbocycles. The zero-order valence-corrected chi connectivity index (χ0v) is 16.9. The summed E-state index contributed by atoms with van der Waals surface area (Å²) < 4.78 is 33.5. The van der Waals surface area contributed by atoms with Crippen molar-refractivity contribution in [3.05, 3.63) is 65.4 Å². The van der Waals surface area contributed by atoms with Crippen molar-refractivity contribution >= 4 is 23.4 Å². The van der Waals surface area contributed by atoms with E-state index in [4.69, 9.17) is 10.2 Å². The molecule has 0 saturated heterocycles. The van der Waals surface area contributed by atoms with Gasteiger partial charge in [-0.1, -0.05) is 6.07 Å². The van der Waals surface area contributed by atoms with Gasteiger partial charge < -0.3 is 25.7 Å². The molecule has 1 heterocycles. The van der Waals surface area contributed by atoms with Crippen LogP contribution in [0.15, 0.2) is 46.9 Å². The smallest absolute Gasteiger partial charge is 0.273 e. The SMILES string of the molecule is CN(C)CCNC(=O)c1ccc(Nc2oc(-c3c(F)cccc3F)nc2C(N)=O)cc1. The first kappa shape index (κ1) is 21.9. The Morgan fingerprint density at radius 3 is 2.32 bits per heavy atom. The summed E-state index contributed by atoms with van der Waals surface area (Å²) in [5.74, 6) is -3.56. The lowest BCUT2D eigenvalue weighted by Crippen LogP contribution is -2.31. The molecule has 2 aromatic carbocycles. The number of oxazole rings is 1. The lowest BCUT2D eigenvalue weighted by atomic mass is 10.2. The van der Waals surface area contributed by atoms with E-state index in [-0.39, 0.29) is 17.5 Å². The highest BCUT2D eigenvalue weighted by Crippen LogP contribution is 2.31. The molecule has 3 rings (SSSR count). The minimum Gasteiger partial charge on any atom is -0.419 e. The maximum atomic E-state index is 14.0. The van der Waals surface area contributed by atoms with Crippen LogP contribution < -0.4 is 16.4 Å². The average molecular weight is 429 g/mol. The second-order valence-electron chi connectivity index (χ2n) is 6.92. The number of halogens is 2. The molecule has 1 aromatic heterocycles. The van der Waals surface area contributed by atoms with Gasteiger partial charge in [0.05, 0.1) is 0 Å². The number of rotatable bonds is 8. The third-order valence-corrected chi connectivity index (χ3v) is 4.29. The number of likely N-dealkylation sites (N-methyl/N-ethyl adjacent to an activating group) is 1. The Hall–Kier alpha value is -3.79. The highest BCUT2D eigenvalue weighted by molar-refractivity contribution is 5.97. The van der Waals surface area contributed by atoms with Crippen LogP contribution in [0.4, 0.5) is 20.4 Å². The molecule has 162 valence electrons. The minimum absolute atomic E-state index is 0.173. The number of carbonyl (C=O) groups excluding carboxylic acids is 2. The van der Waals surface area contributed by atoms with E-state index < -0.39 is 29.0 Å². The van der Waals surface area contributed by atoms with Gasteiger partial charge in [0.25, 0.3) is 11.8 Å². The van der Waals surface area contributed by atoms with Crippen molar-refractivity contribution in [3.8, 4) is 11.5 Å². The molecule has 0 radical (unpaired) electrons. The van der Waals surface area contributed by atoms with Gasteiger partial charge in [0.2, 0.25) is 11.8 Å². The van der Waals surface area contributed by atoms with Gasteiger partial charge in [-0.15, -0.1) is 0 Å². The first-order chi connectivity index (χ1) is 14.8. The average Bonchev–Trinajstić information content (AvgIpc) is 3.11. The normalized spacial score (nSPS) is 10.9. The largest absolute Gasteiger partial charge is 0.419 e. The molecule has 0 saturated carbocycles. The quantitative estimate of drug-likeness (QED) is 0.508. The molecule has 0 unspecified atom stereocenters. The van der Waals surface area contributed by atoms with Crippen LogP contribution in [0.5, 0.6) is 0 Å². The molecule has 2 amide bonds. The van der Waals surface area contributed by atoms with E-state index in [0.717, 1.165) is 12.1 Å². The number of nitrogens with one attached hydrogen (secondary N) is 2. The number of primary amides is 1. The van der Waals surface area contributed by atoms with E-state index in [1.54, 1.807) is 24.3 Å². The monoisotopic (exact) mass is 429 g/mol. The fraction of sp³-hybridized carbons (Fsp3) is 0.190. The molecule has 31 heavy (non-hydrogen) atoms. The van der Waals surface area contributed by atoms with Gasteiger partial charge in [-0.2, -0.15) is 0 Å². The summed E-state index contributed by atoms with van der Waals surface area (Å²) in [5, 5.41) is 5.59. The van der Waals surface area contributed by atoms with E-state index in [1.807, 2.05) is 19.0 Å². The van der Waals surface area contributed by atoms with E-state index in [9.17, 15) is 18.4 Å². The summed E-state index contributed by atoms with van der Waals surface area (Å²) in [7, 11) is 3.81. The predicted molar refractivity (Wildman–Crippen MR) is 111 cm³/mol. The predicted octanol–water partition coefficient (Wildman–Crippen LogP) is 2.75. The van der Waals surface area contributed by atoms with E-state index in [1.165, 1.54) is 6.07 Å². The number of hydrogen-bond acceptors (Lipinski definition) is 6. The minimum atomic E-state index is -0.939. The standard InChI is InChI=1S/C21H21F2N5O3/c1-28(2)11-10-25-19(30)12-6-8-13(9-7-12)26-21-17(18(24)29)27-20(31-21)16-14(22)4-3-5-15(16)23/h3-9,26H,10-11H2,1-2H3,(H2,24,29)(H,25,30). The Labute approximate surface area is 177 Å². The molecule has 0 atom stereocenters. The van der Waals surface area contributed by atoms with Crippen molar-refractivity contribution in [3.63, 3.8) is 0 Å². The number of nitrogens with zero attached hydrogens (tertiary/aromatic N) is 2. The zero-order chi connectivity index (χ0) is 22.5. The zero-order valence-electron chi connectivity index (χ0n) is 16.9. The maximum Gasteiger partial charge on any atom is 0.273 e. The Kier molecular flexibility index (Phi) is 6.61. The van der Waals surface area contributed by atoms with Crippen molar-refractivity contribution in [2.24, 2.45) is 5.73 Å². The van der Waals surface area contributed by atoms with Crippen molar-refractivity contribution in [1.82, 2.24) is 15.2 Å². The molecular weight excluding hydrogens is 408 g/mol. The van der Waals surface area contributed by atoms with Gasteiger partial charge in [0.15, 0.2) is 5.69 Å². The maximum absolute atomic E-state index is 14.0. The Morgan fingerprint density at radius 2 is 1.74 bits per heavy atom. The number of nitrogens with two attached hydrogens (primary N) is 1. The van der Waals surface area contributed by atoms with Gasteiger partial charge in [-0.3, -0.25) is 9.59 Å². The van der Waals surface area contributed by atoms with Crippen LogP contribution >= 0.6 is 0 Å². The Morgan fingerprint density at radius 1 is 1.10 bits per heavy atom. The van der Waals surface area contributed by atoms with Gasteiger partial charge >= 0.3 is 0 Å². The fourth-order valence-electron chi connectivity index (χ4n) is 2.71. The molecule has 0 bridgehead atoms. The van der Waals surface area contributed by atoms with Gasteiger partial charge in [-0.25, -0.2) is 13.8 Å². The molecule has 0 aliphatic rings. The van der Waals surface area contributed by atoms with Crippen LogP contribution in [0.3, 0.4) is 0 Å². The van der Waals surface area contributed by atoms with Gasteiger partial charge in [-0.05, 0) is 50.5 Å². The number of hydrogen-bond donors (Lipinski definition) is 3. The highest BCUT2D eigenvalue weighted by Gasteiger charge is 2.23. The Balaban J connectivity index is 1.80. The van der Waals surface area contributed by atoms with Crippen LogP contribution in [-0.2, 0) is 0 Å². The van der Waals surface area contributed by atoms with Crippen LogP contribution in [0.2, 0.25) is 0 Å². The summed E-state index contributed by atoms with van der Waals surface area (Å²) in [5.41, 5.74) is 5.38. The van der Waals surface area contributed by atoms with Crippen molar-refractivity contribution < 1.29 is 22.8 Å². The second-order valence-corrected chi connectivity index (χ2v) is 6.92. The molecule has 0 spiro atoms.